The van der Waals surface area contributed by atoms with Gasteiger partial charge in [0.15, 0.2) is 0 Å². The number of carbonyl (C=O) groups excluding carboxylic acids is 1. The van der Waals surface area contributed by atoms with E-state index in [1.54, 1.807) is 14.0 Å². The van der Waals surface area contributed by atoms with Crippen molar-refractivity contribution in [2.75, 3.05) is 12.4 Å². The van der Waals surface area contributed by atoms with Crippen molar-refractivity contribution >= 4 is 23.4 Å². The fourth-order valence-corrected chi connectivity index (χ4v) is 2.95. The van der Waals surface area contributed by atoms with E-state index >= 15 is 0 Å². The zero-order chi connectivity index (χ0) is 18.4. The van der Waals surface area contributed by atoms with Gasteiger partial charge in [0.1, 0.15) is 5.75 Å². The topological polar surface area (TPSA) is 77.2 Å². The van der Waals surface area contributed by atoms with Crippen molar-refractivity contribution in [1.29, 1.82) is 0 Å². The standard InChI is InChI=1S/C19H19N3O3S/c1-13(18(23)20-15-6-4-3-5-7-15)26-19-22-21-17(25-19)12-14-8-10-16(24-2)11-9-14/h3-11,13H,12H2,1-2H3,(H,20,23)/t13-/m0/s1. The van der Waals surface area contributed by atoms with Gasteiger partial charge in [-0.15, -0.1) is 10.2 Å². The van der Waals surface area contributed by atoms with Crippen LogP contribution in [0, 0.1) is 0 Å². The predicted octanol–water partition coefficient (Wildman–Crippen LogP) is 3.79. The summed E-state index contributed by atoms with van der Waals surface area (Å²) in [6.45, 7) is 1.80. The minimum absolute atomic E-state index is 0.115. The van der Waals surface area contributed by atoms with Gasteiger partial charge in [-0.25, -0.2) is 0 Å². The summed E-state index contributed by atoms with van der Waals surface area (Å²) in [5.41, 5.74) is 1.80. The van der Waals surface area contributed by atoms with Crippen molar-refractivity contribution < 1.29 is 13.9 Å². The Balaban J connectivity index is 1.56. The minimum Gasteiger partial charge on any atom is -0.497 e. The number of amides is 1. The van der Waals surface area contributed by atoms with E-state index in [-0.39, 0.29) is 11.2 Å². The van der Waals surface area contributed by atoms with Crippen LogP contribution < -0.4 is 10.1 Å². The SMILES string of the molecule is COc1ccc(Cc2nnc(S[C@@H](C)C(=O)Nc3ccccc3)o2)cc1. The number of anilines is 1. The van der Waals surface area contributed by atoms with E-state index in [1.165, 1.54) is 11.8 Å². The van der Waals surface area contributed by atoms with Crippen molar-refractivity contribution in [1.82, 2.24) is 10.2 Å². The average molecular weight is 369 g/mol. The fourth-order valence-electron chi connectivity index (χ4n) is 2.25. The van der Waals surface area contributed by atoms with Crippen LogP contribution in [0.4, 0.5) is 5.69 Å². The Kier molecular flexibility index (Phi) is 5.91. The second kappa shape index (κ2) is 8.53. The molecule has 0 aliphatic heterocycles. The molecule has 1 amide bonds. The molecule has 0 saturated carbocycles. The van der Waals surface area contributed by atoms with Gasteiger partial charge in [0, 0.05) is 5.69 Å². The number of methoxy groups -OCH3 is 1. The van der Waals surface area contributed by atoms with Gasteiger partial charge in [-0.05, 0) is 36.8 Å². The van der Waals surface area contributed by atoms with Crippen LogP contribution in [0.5, 0.6) is 5.75 Å². The van der Waals surface area contributed by atoms with Gasteiger partial charge < -0.3 is 14.5 Å². The molecular formula is C19H19N3O3S. The van der Waals surface area contributed by atoms with Gasteiger partial charge >= 0.3 is 0 Å². The molecule has 0 saturated heterocycles. The van der Waals surface area contributed by atoms with E-state index in [9.17, 15) is 4.79 Å². The predicted molar refractivity (Wildman–Crippen MR) is 100 cm³/mol. The van der Waals surface area contributed by atoms with Gasteiger partial charge in [-0.1, -0.05) is 42.1 Å². The van der Waals surface area contributed by atoms with E-state index in [4.69, 9.17) is 9.15 Å². The van der Waals surface area contributed by atoms with E-state index in [1.807, 2.05) is 54.6 Å². The molecule has 0 unspecified atom stereocenters. The summed E-state index contributed by atoms with van der Waals surface area (Å²) < 4.78 is 10.8. The number of nitrogens with zero attached hydrogens (tertiary/aromatic N) is 2. The quantitative estimate of drug-likeness (QED) is 0.639. The molecule has 1 heterocycles. The highest BCUT2D eigenvalue weighted by Gasteiger charge is 2.18. The largest absolute Gasteiger partial charge is 0.497 e. The van der Waals surface area contributed by atoms with Crippen LogP contribution in [0.25, 0.3) is 0 Å². The summed E-state index contributed by atoms with van der Waals surface area (Å²) in [6.07, 6.45) is 0.530. The Morgan fingerprint density at radius 1 is 1.15 bits per heavy atom. The Hall–Kier alpha value is -2.80. The van der Waals surface area contributed by atoms with Crippen LogP contribution in [0.1, 0.15) is 18.4 Å². The number of nitrogens with one attached hydrogen (secondary N) is 1. The summed E-state index contributed by atoms with van der Waals surface area (Å²) in [5.74, 6) is 1.19. The van der Waals surface area contributed by atoms with Crippen LogP contribution in [-0.4, -0.2) is 28.5 Å². The number of aromatic nitrogens is 2. The molecule has 6 nitrogen and oxygen atoms in total. The highest BCUT2D eigenvalue weighted by atomic mass is 32.2. The Labute approximate surface area is 156 Å². The molecule has 0 aliphatic rings. The van der Waals surface area contributed by atoms with Crippen LogP contribution in [0.15, 0.2) is 64.2 Å². The lowest BCUT2D eigenvalue weighted by Gasteiger charge is -2.09. The molecule has 0 bridgehead atoms. The van der Waals surface area contributed by atoms with E-state index in [0.717, 1.165) is 17.0 Å². The van der Waals surface area contributed by atoms with E-state index < -0.39 is 0 Å². The first kappa shape index (κ1) is 18.0. The molecule has 2 aromatic carbocycles. The molecule has 0 aliphatic carbocycles. The normalized spacial score (nSPS) is 11.8. The number of para-hydroxylation sites is 1. The van der Waals surface area contributed by atoms with Crippen molar-refractivity contribution in [3.63, 3.8) is 0 Å². The zero-order valence-corrected chi connectivity index (χ0v) is 15.3. The number of rotatable bonds is 7. The van der Waals surface area contributed by atoms with Crippen LogP contribution >= 0.6 is 11.8 Å². The third-order valence-corrected chi connectivity index (χ3v) is 4.59. The van der Waals surface area contributed by atoms with Gasteiger partial charge in [0.25, 0.3) is 5.22 Å². The smallest absolute Gasteiger partial charge is 0.277 e. The molecular weight excluding hydrogens is 350 g/mol. The fraction of sp³-hybridized carbons (Fsp3) is 0.211. The molecule has 0 spiro atoms. The number of benzene rings is 2. The number of hydrogen-bond acceptors (Lipinski definition) is 6. The summed E-state index contributed by atoms with van der Waals surface area (Å²) >= 11 is 1.24. The maximum Gasteiger partial charge on any atom is 0.277 e. The Morgan fingerprint density at radius 2 is 1.88 bits per heavy atom. The Bertz CT molecular complexity index is 850. The number of ether oxygens (including phenoxy) is 1. The molecule has 0 radical (unpaired) electrons. The van der Waals surface area contributed by atoms with Crippen LogP contribution in [0.2, 0.25) is 0 Å². The lowest BCUT2D eigenvalue weighted by molar-refractivity contribution is -0.115. The van der Waals surface area contributed by atoms with Crippen molar-refractivity contribution in [3.05, 3.63) is 66.1 Å². The Morgan fingerprint density at radius 3 is 2.58 bits per heavy atom. The average Bonchev–Trinajstić information content (AvgIpc) is 3.10. The molecule has 134 valence electrons. The molecule has 1 atom stereocenters. The monoisotopic (exact) mass is 369 g/mol. The van der Waals surface area contributed by atoms with Gasteiger partial charge in [-0.2, -0.15) is 0 Å². The first-order valence-corrected chi connectivity index (χ1v) is 9.00. The lowest BCUT2D eigenvalue weighted by Crippen LogP contribution is -2.22. The van der Waals surface area contributed by atoms with Crippen molar-refractivity contribution in [2.45, 2.75) is 23.8 Å². The summed E-state index contributed by atoms with van der Waals surface area (Å²) in [4.78, 5) is 12.2. The lowest BCUT2D eigenvalue weighted by atomic mass is 10.1. The maximum absolute atomic E-state index is 12.2. The highest BCUT2D eigenvalue weighted by Crippen LogP contribution is 2.24. The molecule has 3 aromatic rings. The maximum atomic E-state index is 12.2. The molecule has 1 N–H and O–H groups in total. The van der Waals surface area contributed by atoms with Crippen LogP contribution in [-0.2, 0) is 11.2 Å². The second-order valence-electron chi connectivity index (χ2n) is 5.60. The molecule has 7 heteroatoms. The van der Waals surface area contributed by atoms with Crippen LogP contribution in [0.3, 0.4) is 0 Å². The van der Waals surface area contributed by atoms with E-state index in [0.29, 0.717) is 17.5 Å². The number of carbonyl (C=O) groups is 1. The number of hydrogen-bond donors (Lipinski definition) is 1. The third-order valence-electron chi connectivity index (χ3n) is 3.65. The minimum atomic E-state index is -0.357. The number of thioether (sulfide) groups is 1. The second-order valence-corrected chi connectivity index (χ2v) is 6.89. The van der Waals surface area contributed by atoms with Gasteiger partial charge in [0.05, 0.1) is 18.8 Å². The van der Waals surface area contributed by atoms with Crippen molar-refractivity contribution in [3.8, 4) is 5.75 Å². The summed E-state index contributed by atoms with van der Waals surface area (Å²) in [5, 5.41) is 10.9. The molecule has 1 aromatic heterocycles. The first-order chi connectivity index (χ1) is 12.6. The summed E-state index contributed by atoms with van der Waals surface area (Å²) in [6, 6.07) is 17.0. The third kappa shape index (κ3) is 4.86. The summed E-state index contributed by atoms with van der Waals surface area (Å²) in [7, 11) is 1.63. The zero-order valence-electron chi connectivity index (χ0n) is 14.5. The molecule has 3 rings (SSSR count). The van der Waals surface area contributed by atoms with Crippen molar-refractivity contribution in [2.24, 2.45) is 0 Å². The van der Waals surface area contributed by atoms with Gasteiger partial charge in [0.2, 0.25) is 11.8 Å². The van der Waals surface area contributed by atoms with Gasteiger partial charge in [-0.3, -0.25) is 4.79 Å². The highest BCUT2D eigenvalue weighted by molar-refractivity contribution is 8.00. The molecule has 26 heavy (non-hydrogen) atoms. The first-order valence-electron chi connectivity index (χ1n) is 8.12. The van der Waals surface area contributed by atoms with E-state index in [2.05, 4.69) is 15.5 Å². The molecule has 0 fully saturated rings.